The van der Waals surface area contributed by atoms with Crippen LogP contribution in [0.4, 0.5) is 5.95 Å². The minimum Gasteiger partial charge on any atom is -0.462 e. The number of benzene rings is 2. The van der Waals surface area contributed by atoms with Crippen molar-refractivity contribution in [1.82, 2.24) is 59.2 Å². The molecule has 0 aliphatic carbocycles. The quantitative estimate of drug-likeness (QED) is 0.156. The van der Waals surface area contributed by atoms with Crippen LogP contribution in [0.2, 0.25) is 0 Å². The molecule has 58 heavy (non-hydrogen) atoms. The Morgan fingerprint density at radius 1 is 0.793 bits per heavy atom. The van der Waals surface area contributed by atoms with E-state index in [9.17, 15) is 8.42 Å². The molecule has 8 rings (SSSR count). The normalized spacial score (nSPS) is 13.6. The van der Waals surface area contributed by atoms with Crippen molar-refractivity contribution in [2.75, 3.05) is 50.9 Å². The number of aromatic nitrogens is 10. The van der Waals surface area contributed by atoms with E-state index in [2.05, 4.69) is 71.8 Å². The van der Waals surface area contributed by atoms with Gasteiger partial charge in [0.15, 0.2) is 11.3 Å². The van der Waals surface area contributed by atoms with Gasteiger partial charge < -0.3 is 20.1 Å². The van der Waals surface area contributed by atoms with Gasteiger partial charge in [0.05, 0.1) is 18.1 Å². The Labute approximate surface area is 337 Å². The molecule has 0 unspecified atom stereocenters. The van der Waals surface area contributed by atoms with Gasteiger partial charge in [-0.05, 0) is 35.1 Å². The predicted octanol–water partition coefficient (Wildman–Crippen LogP) is 4.56. The molecule has 0 amide bonds. The fourth-order valence-electron chi connectivity index (χ4n) is 6.37. The number of sulfone groups is 1. The molecular formula is C40H49N13O4S. The van der Waals surface area contributed by atoms with Crippen molar-refractivity contribution in [3.63, 3.8) is 0 Å². The first-order chi connectivity index (χ1) is 28.0. The number of piperazine rings is 1. The third kappa shape index (κ3) is 9.58. The van der Waals surface area contributed by atoms with Crippen molar-refractivity contribution >= 4 is 27.1 Å². The number of fused-ring (bicyclic) bond motifs is 2. The summed E-state index contributed by atoms with van der Waals surface area (Å²) in [7, 11) is -3.56. The molecule has 18 heteroatoms. The molecule has 17 nitrogen and oxygen atoms in total. The van der Waals surface area contributed by atoms with Crippen molar-refractivity contribution in [2.24, 2.45) is 0 Å². The Balaban J connectivity index is 0.000000188. The van der Waals surface area contributed by atoms with E-state index >= 15 is 0 Å². The minimum absolute atomic E-state index is 0.108. The third-order valence-electron chi connectivity index (χ3n) is 9.53. The number of ether oxygens (including phenoxy) is 2. The summed E-state index contributed by atoms with van der Waals surface area (Å²) in [6.45, 7) is 14.6. The number of rotatable bonds is 14. The smallest absolute Gasteiger partial charge is 0.322 e. The van der Waals surface area contributed by atoms with Crippen molar-refractivity contribution in [1.29, 1.82) is 0 Å². The van der Waals surface area contributed by atoms with Crippen LogP contribution in [0.3, 0.4) is 0 Å². The maximum Gasteiger partial charge on any atom is 0.322 e. The first-order valence-electron chi connectivity index (χ1n) is 19.3. The lowest BCUT2D eigenvalue weighted by Gasteiger charge is -2.26. The lowest BCUT2D eigenvalue weighted by atomic mass is 10.1. The summed E-state index contributed by atoms with van der Waals surface area (Å²) in [5, 5.41) is 19.7. The minimum atomic E-state index is -3.56. The average molecular weight is 808 g/mol. The fourth-order valence-corrected chi connectivity index (χ4v) is 6.87. The van der Waals surface area contributed by atoms with Crippen LogP contribution in [0, 0.1) is 0 Å². The van der Waals surface area contributed by atoms with Crippen LogP contribution in [0.15, 0.2) is 90.6 Å². The molecule has 0 spiro atoms. The van der Waals surface area contributed by atoms with Gasteiger partial charge >= 0.3 is 12.0 Å². The predicted molar refractivity (Wildman–Crippen MR) is 219 cm³/mol. The number of para-hydroxylation sites is 1. The Hall–Kier alpha value is -5.98. The van der Waals surface area contributed by atoms with Gasteiger partial charge in [0.25, 0.3) is 5.16 Å². The second kappa shape index (κ2) is 18.1. The molecule has 0 atom stereocenters. The third-order valence-corrected chi connectivity index (χ3v) is 10.4. The Morgan fingerprint density at radius 3 is 2.17 bits per heavy atom. The second-order valence-corrected chi connectivity index (χ2v) is 16.4. The largest absolute Gasteiger partial charge is 0.462 e. The van der Waals surface area contributed by atoms with Gasteiger partial charge in [0.2, 0.25) is 15.8 Å². The highest BCUT2D eigenvalue weighted by molar-refractivity contribution is 7.90. The molecule has 0 saturated carbocycles. The number of nitrogens with one attached hydrogen (secondary N) is 2. The van der Waals surface area contributed by atoms with E-state index in [0.29, 0.717) is 30.8 Å². The van der Waals surface area contributed by atoms with Crippen LogP contribution in [0.1, 0.15) is 61.8 Å². The van der Waals surface area contributed by atoms with E-state index in [0.717, 1.165) is 72.6 Å². The number of hydrogen-bond donors (Lipinski definition) is 2. The molecule has 0 radical (unpaired) electrons. The Bertz CT molecular complexity index is 2530. The van der Waals surface area contributed by atoms with Gasteiger partial charge in [-0.1, -0.05) is 76.2 Å². The maximum absolute atomic E-state index is 11.9. The molecule has 0 bridgehead atoms. The topological polar surface area (TPSA) is 184 Å². The molecule has 2 N–H and O–H groups in total. The standard InChI is InChI=1S/C24H31N9O.C16H18N4O3S/c1-18(2)20-17-28-33-22(20)29-24(34-15-14-31-12-9-25-10-13-31)30-23(33)26-16-19-6-3-4-7-21(19)32-11-5-8-27-32;1-11(2)13-9-17-20-14(13)18-15(24(3,21)22)19-16(20)23-10-12-7-5-4-6-8-12/h3-8,11,17-18,25H,9-10,12-16H2,1-2H3,(H,26,29,30);4-9,11H,10H2,1-3H3. The SMILES string of the molecule is CC(C)c1cnn2c(NCc3ccccc3-n3cccn3)nc(OCCN3CCNCC3)nc12.CC(C)c1cnn2c(OCc3ccccc3)nc(S(C)(=O)=O)nc12. The number of hydrogen-bond acceptors (Lipinski definition) is 14. The first kappa shape index (κ1) is 40.2. The van der Waals surface area contributed by atoms with Crippen LogP contribution in [-0.2, 0) is 23.0 Å². The van der Waals surface area contributed by atoms with E-state index in [1.165, 1.54) is 4.52 Å². The Morgan fingerprint density at radius 2 is 1.48 bits per heavy atom. The summed E-state index contributed by atoms with van der Waals surface area (Å²) in [5.41, 5.74) is 6.17. The Kier molecular flexibility index (Phi) is 12.5. The van der Waals surface area contributed by atoms with Gasteiger partial charge in [-0.3, -0.25) is 4.90 Å². The molecule has 1 fully saturated rings. The molecule has 7 aromatic rings. The lowest BCUT2D eigenvalue weighted by molar-refractivity contribution is 0.184. The zero-order chi connectivity index (χ0) is 40.6. The summed E-state index contributed by atoms with van der Waals surface area (Å²) >= 11 is 0. The van der Waals surface area contributed by atoms with Crippen LogP contribution >= 0.6 is 0 Å². The van der Waals surface area contributed by atoms with Gasteiger partial charge in [-0.2, -0.15) is 44.3 Å². The highest BCUT2D eigenvalue weighted by Gasteiger charge is 2.21. The summed E-state index contributed by atoms with van der Waals surface area (Å²) < 4.78 is 40.6. The van der Waals surface area contributed by atoms with Crippen LogP contribution < -0.4 is 20.1 Å². The van der Waals surface area contributed by atoms with Gasteiger partial charge in [0, 0.05) is 69.0 Å². The van der Waals surface area contributed by atoms with E-state index < -0.39 is 9.84 Å². The zero-order valence-corrected chi connectivity index (χ0v) is 34.2. The summed E-state index contributed by atoms with van der Waals surface area (Å²) in [6, 6.07) is 20.1. The molecule has 1 saturated heterocycles. The fraction of sp³-hybridized carbons (Fsp3) is 0.375. The van der Waals surface area contributed by atoms with E-state index in [4.69, 9.17) is 14.5 Å². The number of nitrogens with zero attached hydrogens (tertiary/aromatic N) is 11. The molecule has 1 aliphatic rings. The molecule has 6 heterocycles. The molecule has 304 valence electrons. The van der Waals surface area contributed by atoms with E-state index in [1.807, 2.05) is 79.5 Å². The first-order valence-corrected chi connectivity index (χ1v) is 21.2. The highest BCUT2D eigenvalue weighted by Crippen LogP contribution is 2.25. The highest BCUT2D eigenvalue weighted by atomic mass is 32.2. The number of anilines is 1. The van der Waals surface area contributed by atoms with Crippen molar-refractivity contribution in [3.8, 4) is 17.7 Å². The van der Waals surface area contributed by atoms with Crippen LogP contribution in [-0.4, -0.2) is 108 Å². The van der Waals surface area contributed by atoms with E-state index in [-0.39, 0.29) is 29.6 Å². The van der Waals surface area contributed by atoms with Gasteiger partial charge in [-0.25, -0.2) is 13.1 Å². The zero-order valence-electron chi connectivity index (χ0n) is 33.4. The average Bonchev–Trinajstić information content (AvgIpc) is 4.01. The monoisotopic (exact) mass is 807 g/mol. The van der Waals surface area contributed by atoms with Gasteiger partial charge in [-0.15, -0.1) is 0 Å². The molecule has 1 aliphatic heterocycles. The van der Waals surface area contributed by atoms with Crippen molar-refractivity contribution in [2.45, 2.75) is 57.8 Å². The molecular weight excluding hydrogens is 759 g/mol. The van der Waals surface area contributed by atoms with Crippen molar-refractivity contribution < 1.29 is 17.9 Å². The lowest BCUT2D eigenvalue weighted by Crippen LogP contribution is -2.44. The second-order valence-electron chi connectivity index (χ2n) is 14.5. The summed E-state index contributed by atoms with van der Waals surface area (Å²) in [5.74, 6) is 1.03. The van der Waals surface area contributed by atoms with Crippen LogP contribution in [0.5, 0.6) is 12.0 Å². The molecule has 2 aromatic carbocycles. The van der Waals surface area contributed by atoms with Gasteiger partial charge in [0.1, 0.15) is 13.2 Å². The summed E-state index contributed by atoms with van der Waals surface area (Å²) in [6.07, 6.45) is 8.32. The molecule has 5 aromatic heterocycles. The summed E-state index contributed by atoms with van der Waals surface area (Å²) in [4.78, 5) is 20.0. The maximum atomic E-state index is 11.9. The van der Waals surface area contributed by atoms with Crippen LogP contribution in [0.25, 0.3) is 17.0 Å². The van der Waals surface area contributed by atoms with Crippen molar-refractivity contribution in [3.05, 3.63) is 108 Å². The van der Waals surface area contributed by atoms with E-state index in [1.54, 1.807) is 16.9 Å².